The molecule has 1 saturated carbocycles. The van der Waals surface area contributed by atoms with E-state index in [1.807, 2.05) is 11.9 Å². The zero-order valence-electron chi connectivity index (χ0n) is 9.98. The van der Waals surface area contributed by atoms with Crippen molar-refractivity contribution >= 4 is 23.3 Å². The number of nitrogens with zero attached hydrogens (tertiary/aromatic N) is 1. The number of halogens is 1. The van der Waals surface area contributed by atoms with Crippen molar-refractivity contribution in [3.05, 3.63) is 28.8 Å². The van der Waals surface area contributed by atoms with Crippen LogP contribution < -0.4 is 4.90 Å². The van der Waals surface area contributed by atoms with E-state index in [1.54, 1.807) is 18.2 Å². The van der Waals surface area contributed by atoms with Gasteiger partial charge >= 0.3 is 5.97 Å². The second kappa shape index (κ2) is 4.57. The van der Waals surface area contributed by atoms with E-state index in [1.165, 1.54) is 12.8 Å². The van der Waals surface area contributed by atoms with Crippen molar-refractivity contribution in [1.29, 1.82) is 0 Å². The highest BCUT2D eigenvalue weighted by atomic mass is 35.5. The topological polar surface area (TPSA) is 40.5 Å². The average Bonchev–Trinajstić information content (AvgIpc) is 3.10. The van der Waals surface area contributed by atoms with Crippen molar-refractivity contribution < 1.29 is 9.90 Å². The summed E-state index contributed by atoms with van der Waals surface area (Å²) < 4.78 is 0. The summed E-state index contributed by atoms with van der Waals surface area (Å²) in [6, 6.07) is 5.33. The lowest BCUT2D eigenvalue weighted by atomic mass is 10.1. The number of rotatable bonds is 4. The highest BCUT2D eigenvalue weighted by molar-refractivity contribution is 6.34. The lowest BCUT2D eigenvalue weighted by Gasteiger charge is -2.29. The van der Waals surface area contributed by atoms with E-state index in [-0.39, 0.29) is 5.56 Å². The van der Waals surface area contributed by atoms with E-state index < -0.39 is 5.97 Å². The van der Waals surface area contributed by atoms with Crippen LogP contribution in [0.5, 0.6) is 0 Å². The lowest BCUT2D eigenvalue weighted by molar-refractivity contribution is 0.0697. The summed E-state index contributed by atoms with van der Waals surface area (Å²) in [5.74, 6) is -0.268. The summed E-state index contributed by atoms with van der Waals surface area (Å²) in [7, 11) is 1.91. The van der Waals surface area contributed by atoms with E-state index >= 15 is 0 Å². The molecule has 92 valence electrons. The summed E-state index contributed by atoms with van der Waals surface area (Å²) in [5, 5.41) is 9.69. The van der Waals surface area contributed by atoms with Gasteiger partial charge in [-0.15, -0.1) is 0 Å². The monoisotopic (exact) mass is 253 g/mol. The standard InChI is InChI=1S/C13H16ClNO2/c1-8(9-6-7-9)15(2)12-10(13(16)17)4-3-5-11(12)14/h3-5,8-9H,6-7H2,1-2H3,(H,16,17). The van der Waals surface area contributed by atoms with Gasteiger partial charge in [0.25, 0.3) is 0 Å². The van der Waals surface area contributed by atoms with Crippen LogP contribution in [0.4, 0.5) is 5.69 Å². The third-order valence-electron chi connectivity index (χ3n) is 3.49. The molecule has 0 amide bonds. The molecule has 1 aromatic rings. The van der Waals surface area contributed by atoms with E-state index in [4.69, 9.17) is 11.6 Å². The molecule has 1 unspecified atom stereocenters. The molecule has 1 atom stereocenters. The predicted molar refractivity (Wildman–Crippen MR) is 69.0 cm³/mol. The fraction of sp³-hybridized carbons (Fsp3) is 0.462. The summed E-state index contributed by atoms with van der Waals surface area (Å²) in [5.41, 5.74) is 0.897. The van der Waals surface area contributed by atoms with Gasteiger partial charge in [-0.1, -0.05) is 17.7 Å². The quantitative estimate of drug-likeness (QED) is 0.895. The normalized spacial score (nSPS) is 16.6. The van der Waals surface area contributed by atoms with Crippen LogP contribution in [-0.2, 0) is 0 Å². The van der Waals surface area contributed by atoms with Gasteiger partial charge in [0.1, 0.15) is 0 Å². The van der Waals surface area contributed by atoms with Gasteiger partial charge in [0.2, 0.25) is 0 Å². The molecule has 0 saturated heterocycles. The zero-order valence-corrected chi connectivity index (χ0v) is 10.7. The molecular weight excluding hydrogens is 238 g/mol. The first-order chi connectivity index (χ1) is 8.02. The summed E-state index contributed by atoms with van der Waals surface area (Å²) in [6.45, 7) is 2.12. The van der Waals surface area contributed by atoms with Crippen molar-refractivity contribution in [2.45, 2.75) is 25.8 Å². The summed E-state index contributed by atoms with van der Waals surface area (Å²) in [4.78, 5) is 13.2. The molecule has 0 bridgehead atoms. The van der Waals surface area contributed by atoms with Gasteiger partial charge in [0.05, 0.1) is 16.3 Å². The fourth-order valence-electron chi connectivity index (χ4n) is 2.14. The van der Waals surface area contributed by atoms with Gasteiger partial charge in [-0.05, 0) is 37.8 Å². The maximum atomic E-state index is 11.2. The van der Waals surface area contributed by atoms with Crippen LogP contribution in [0.15, 0.2) is 18.2 Å². The van der Waals surface area contributed by atoms with Gasteiger partial charge in [-0.3, -0.25) is 0 Å². The average molecular weight is 254 g/mol. The number of benzene rings is 1. The van der Waals surface area contributed by atoms with Gasteiger partial charge in [-0.25, -0.2) is 4.79 Å². The van der Waals surface area contributed by atoms with Crippen molar-refractivity contribution in [2.75, 3.05) is 11.9 Å². The lowest BCUT2D eigenvalue weighted by Crippen LogP contribution is -2.32. The highest BCUT2D eigenvalue weighted by Gasteiger charge is 2.32. The minimum absolute atomic E-state index is 0.271. The number of aromatic carboxylic acids is 1. The molecule has 0 aromatic heterocycles. The molecule has 17 heavy (non-hydrogen) atoms. The predicted octanol–water partition coefficient (Wildman–Crippen LogP) is 3.27. The van der Waals surface area contributed by atoms with Gasteiger partial charge in [0.15, 0.2) is 0 Å². The molecule has 1 aliphatic rings. The van der Waals surface area contributed by atoms with Crippen LogP contribution in [0.3, 0.4) is 0 Å². The number of para-hydroxylation sites is 1. The molecule has 1 N–H and O–H groups in total. The minimum Gasteiger partial charge on any atom is -0.478 e. The molecule has 0 radical (unpaired) electrons. The highest BCUT2D eigenvalue weighted by Crippen LogP contribution is 2.39. The second-order valence-corrected chi connectivity index (χ2v) is 5.04. The number of carbonyl (C=O) groups is 1. The minimum atomic E-state index is -0.933. The van der Waals surface area contributed by atoms with Crippen LogP contribution in [0.2, 0.25) is 5.02 Å². The van der Waals surface area contributed by atoms with E-state index in [0.29, 0.717) is 22.7 Å². The first-order valence-electron chi connectivity index (χ1n) is 5.77. The Labute approximate surface area is 106 Å². The van der Waals surface area contributed by atoms with Crippen LogP contribution in [0, 0.1) is 5.92 Å². The number of anilines is 1. The molecule has 0 spiro atoms. The molecule has 0 heterocycles. The summed E-state index contributed by atoms with van der Waals surface area (Å²) in [6.07, 6.45) is 2.44. The largest absolute Gasteiger partial charge is 0.478 e. The Kier molecular flexibility index (Phi) is 3.29. The van der Waals surface area contributed by atoms with Crippen molar-refractivity contribution in [2.24, 2.45) is 5.92 Å². The molecule has 1 fully saturated rings. The van der Waals surface area contributed by atoms with E-state index in [0.717, 1.165) is 0 Å². The molecule has 1 aromatic carbocycles. The first kappa shape index (κ1) is 12.2. The van der Waals surface area contributed by atoms with Crippen LogP contribution in [0.1, 0.15) is 30.1 Å². The fourth-order valence-corrected chi connectivity index (χ4v) is 2.45. The Bertz CT molecular complexity index is 443. The second-order valence-electron chi connectivity index (χ2n) is 4.63. The number of carboxylic acids is 1. The maximum absolute atomic E-state index is 11.2. The molecule has 1 aliphatic carbocycles. The van der Waals surface area contributed by atoms with E-state index in [2.05, 4.69) is 6.92 Å². The van der Waals surface area contributed by atoms with E-state index in [9.17, 15) is 9.90 Å². The molecule has 3 nitrogen and oxygen atoms in total. The SMILES string of the molecule is CC(C1CC1)N(C)c1c(Cl)cccc1C(=O)O. The van der Waals surface area contributed by atoms with Crippen LogP contribution >= 0.6 is 11.6 Å². The van der Waals surface area contributed by atoms with Crippen LogP contribution in [0.25, 0.3) is 0 Å². The Morgan fingerprint density at radius 3 is 2.71 bits per heavy atom. The Hall–Kier alpha value is -1.22. The molecular formula is C13H16ClNO2. The Morgan fingerprint density at radius 1 is 1.53 bits per heavy atom. The van der Waals surface area contributed by atoms with Gasteiger partial charge in [-0.2, -0.15) is 0 Å². The van der Waals surface area contributed by atoms with Crippen molar-refractivity contribution in [1.82, 2.24) is 0 Å². The van der Waals surface area contributed by atoms with Gasteiger partial charge < -0.3 is 10.0 Å². The Morgan fingerprint density at radius 2 is 2.18 bits per heavy atom. The smallest absolute Gasteiger partial charge is 0.337 e. The molecule has 4 heteroatoms. The molecule has 2 rings (SSSR count). The number of carboxylic acid groups (broad SMARTS) is 1. The van der Waals surface area contributed by atoms with Gasteiger partial charge in [0, 0.05) is 13.1 Å². The van der Waals surface area contributed by atoms with Crippen molar-refractivity contribution in [3.8, 4) is 0 Å². The number of hydrogen-bond acceptors (Lipinski definition) is 2. The maximum Gasteiger partial charge on any atom is 0.337 e. The Balaban J connectivity index is 2.38. The van der Waals surface area contributed by atoms with Crippen LogP contribution in [-0.4, -0.2) is 24.2 Å². The van der Waals surface area contributed by atoms with Crippen molar-refractivity contribution in [3.63, 3.8) is 0 Å². The third-order valence-corrected chi connectivity index (χ3v) is 3.79. The molecule has 0 aliphatic heterocycles. The first-order valence-corrected chi connectivity index (χ1v) is 6.14. The zero-order chi connectivity index (χ0) is 12.6. The third kappa shape index (κ3) is 2.39. The number of hydrogen-bond donors (Lipinski definition) is 1. The summed E-state index contributed by atoms with van der Waals surface area (Å²) >= 11 is 6.13.